The predicted octanol–water partition coefficient (Wildman–Crippen LogP) is 3.78. The third-order valence-electron chi connectivity index (χ3n) is 14.1. The molecule has 326 valence electrons. The molecule has 1 aliphatic carbocycles. The van der Waals surface area contributed by atoms with E-state index in [0.29, 0.717) is 24.5 Å². The maximum Gasteiger partial charge on any atom is 0.255 e. The summed E-state index contributed by atoms with van der Waals surface area (Å²) in [4.78, 5) is 71.5. The molecule has 5 aliphatic rings. The van der Waals surface area contributed by atoms with Gasteiger partial charge in [0, 0.05) is 62.5 Å². The van der Waals surface area contributed by atoms with Crippen molar-refractivity contribution in [3.63, 3.8) is 0 Å². The van der Waals surface area contributed by atoms with Gasteiger partial charge in [-0.15, -0.1) is 0 Å². The summed E-state index contributed by atoms with van der Waals surface area (Å²) in [5, 5.41) is 4.34. The van der Waals surface area contributed by atoms with Gasteiger partial charge < -0.3 is 29.0 Å². The number of hydrogen-bond acceptors (Lipinski definition) is 12. The van der Waals surface area contributed by atoms with E-state index in [0.717, 1.165) is 130 Å². The first kappa shape index (κ1) is 42.6. The van der Waals surface area contributed by atoms with Gasteiger partial charge >= 0.3 is 0 Å². The van der Waals surface area contributed by atoms with E-state index in [9.17, 15) is 24.0 Å². The minimum Gasteiger partial charge on any atom is -0.496 e. The van der Waals surface area contributed by atoms with Gasteiger partial charge in [0.1, 0.15) is 23.3 Å². The fourth-order valence-electron chi connectivity index (χ4n) is 10.3. The number of benzene rings is 2. The quantitative estimate of drug-likeness (QED) is 0.169. The summed E-state index contributed by atoms with van der Waals surface area (Å²) in [6.45, 7) is 7.43. The lowest BCUT2D eigenvalue weighted by molar-refractivity contribution is -0.136. The van der Waals surface area contributed by atoms with Crippen LogP contribution >= 0.6 is 0 Å². The molecule has 1 atom stereocenters. The number of nitrogens with one attached hydrogen (secondary N) is 3. The Bertz CT molecular complexity index is 2180. The van der Waals surface area contributed by atoms with Crippen molar-refractivity contribution in [3.8, 4) is 28.4 Å². The Hall–Kier alpha value is -5.09. The number of hydrazine groups is 1. The number of aldehydes is 1. The van der Waals surface area contributed by atoms with Gasteiger partial charge in [0.05, 0.1) is 31.5 Å². The zero-order valence-electron chi connectivity index (χ0n) is 35.8. The lowest BCUT2D eigenvalue weighted by atomic mass is 9.61. The topological polar surface area (TPSA) is 166 Å². The summed E-state index contributed by atoms with van der Waals surface area (Å²) in [5.74, 6) is 1.46. The molecule has 3 aromatic rings. The van der Waals surface area contributed by atoms with Crippen molar-refractivity contribution in [2.24, 2.45) is 11.3 Å². The van der Waals surface area contributed by atoms with Crippen LogP contribution in [0.5, 0.6) is 17.2 Å². The van der Waals surface area contributed by atoms with Gasteiger partial charge in [-0.05, 0) is 137 Å². The van der Waals surface area contributed by atoms with E-state index in [1.165, 1.54) is 11.9 Å². The Morgan fingerprint density at radius 2 is 1.66 bits per heavy atom. The second-order valence-corrected chi connectivity index (χ2v) is 17.7. The highest BCUT2D eigenvalue weighted by Gasteiger charge is 2.47. The van der Waals surface area contributed by atoms with Gasteiger partial charge in [-0.25, -0.2) is 5.01 Å². The molecule has 1 saturated carbocycles. The number of fused-ring (bicyclic) bond motifs is 1. The maximum absolute atomic E-state index is 13.5. The summed E-state index contributed by atoms with van der Waals surface area (Å²) >= 11 is 0. The fraction of sp³-hybridized carbons (Fsp3) is 0.543. The van der Waals surface area contributed by atoms with Crippen molar-refractivity contribution >= 4 is 24.0 Å². The molecular formula is C46H59N7O8. The number of aromatic nitrogens is 1. The number of carbonyl (C=O) groups excluding carboxylic acids is 4. The third-order valence-corrected chi connectivity index (χ3v) is 14.1. The van der Waals surface area contributed by atoms with Crippen LogP contribution in [0.25, 0.3) is 11.1 Å². The number of piperidine rings is 3. The van der Waals surface area contributed by atoms with Crippen LogP contribution in [-0.4, -0.2) is 128 Å². The highest BCUT2D eigenvalue weighted by Crippen LogP contribution is 2.50. The second-order valence-electron chi connectivity index (χ2n) is 17.7. The molecule has 3 saturated heterocycles. The number of ether oxygens (including phenoxy) is 3. The fourth-order valence-corrected chi connectivity index (χ4v) is 10.3. The molecule has 15 heteroatoms. The van der Waals surface area contributed by atoms with Crippen LogP contribution < -0.4 is 30.5 Å². The zero-order valence-corrected chi connectivity index (χ0v) is 35.8. The van der Waals surface area contributed by atoms with Crippen LogP contribution in [0.2, 0.25) is 0 Å². The number of nitrogens with zero attached hydrogens (tertiary/aromatic N) is 4. The standard InChI is InChI=1S/C46H59N7O8/c1-47-53-16-11-34-36(24-48-43(56)37(34)27-53)31-19-40(59-3)38(41(20-31)60-4)26-51-14-9-29(10-15-51)25-52-17-12-46(13-18-52)22-33(23-46)61-32-6-5-30(28-54)35(21-32)45(58)50(2)39-7-8-42(55)49-44(39)57/h5-6,19-21,24,28-29,33,39,47H,7-18,22-23,25-27H2,1-4H3,(H,48,56)(H,49,55,57). The molecule has 8 rings (SSSR count). The Morgan fingerprint density at radius 1 is 0.934 bits per heavy atom. The predicted molar refractivity (Wildman–Crippen MR) is 229 cm³/mol. The molecular weight excluding hydrogens is 779 g/mol. The van der Waals surface area contributed by atoms with E-state index >= 15 is 0 Å². The van der Waals surface area contributed by atoms with Gasteiger partial charge in [0.2, 0.25) is 11.8 Å². The number of carbonyl (C=O) groups is 4. The Morgan fingerprint density at radius 3 is 2.31 bits per heavy atom. The summed E-state index contributed by atoms with van der Waals surface area (Å²) in [7, 11) is 6.83. The maximum atomic E-state index is 13.5. The van der Waals surface area contributed by atoms with Crippen LogP contribution in [0.3, 0.4) is 0 Å². The van der Waals surface area contributed by atoms with Crippen LogP contribution in [-0.2, 0) is 29.1 Å². The SMILES string of the molecule is CNN1CCc2c(-c3cc(OC)c(CN4CCC(CN5CCC6(CC5)CC(Oc5ccc(C=O)c(C(=O)N(C)C7CCC(=O)NC7=O)c5)C6)CC4)c(OC)c3)c[nH]c(=O)c2C1. The van der Waals surface area contributed by atoms with Crippen molar-refractivity contribution in [1.29, 1.82) is 0 Å². The first-order valence-corrected chi connectivity index (χ1v) is 21.7. The number of pyridine rings is 1. The van der Waals surface area contributed by atoms with E-state index in [4.69, 9.17) is 14.2 Å². The smallest absolute Gasteiger partial charge is 0.255 e. The second kappa shape index (κ2) is 18.1. The molecule has 5 heterocycles. The number of likely N-dealkylation sites (tertiary alicyclic amines) is 2. The Kier molecular flexibility index (Phi) is 12.6. The van der Waals surface area contributed by atoms with Crippen LogP contribution in [0.15, 0.2) is 41.3 Å². The van der Waals surface area contributed by atoms with E-state index in [1.807, 2.05) is 13.2 Å². The number of hydrogen-bond donors (Lipinski definition) is 3. The number of imide groups is 1. The number of rotatable bonds is 13. The lowest BCUT2D eigenvalue weighted by Gasteiger charge is -2.52. The molecule has 0 radical (unpaired) electrons. The van der Waals surface area contributed by atoms with Gasteiger partial charge in [-0.1, -0.05) is 0 Å². The highest BCUT2D eigenvalue weighted by atomic mass is 16.5. The van der Waals surface area contributed by atoms with E-state index in [2.05, 4.69) is 42.7 Å². The number of methoxy groups -OCH3 is 2. The van der Waals surface area contributed by atoms with Crippen molar-refractivity contribution in [1.82, 2.24) is 35.4 Å². The molecule has 3 N–H and O–H groups in total. The zero-order chi connectivity index (χ0) is 42.8. The van der Waals surface area contributed by atoms with Crippen molar-refractivity contribution in [3.05, 3.63) is 74.7 Å². The van der Waals surface area contributed by atoms with Gasteiger partial charge in [-0.3, -0.25) is 39.6 Å². The van der Waals surface area contributed by atoms with Crippen LogP contribution in [0.1, 0.15) is 88.8 Å². The number of amides is 3. The summed E-state index contributed by atoms with van der Waals surface area (Å²) in [6.07, 6.45) is 10.2. The third kappa shape index (κ3) is 8.97. The van der Waals surface area contributed by atoms with Gasteiger partial charge in [-0.2, -0.15) is 0 Å². The van der Waals surface area contributed by atoms with Gasteiger partial charge in [0.15, 0.2) is 6.29 Å². The molecule has 61 heavy (non-hydrogen) atoms. The minimum absolute atomic E-state index is 0.0428. The van der Waals surface area contributed by atoms with E-state index in [-0.39, 0.29) is 47.0 Å². The minimum atomic E-state index is -0.781. The van der Waals surface area contributed by atoms with E-state index < -0.39 is 17.9 Å². The summed E-state index contributed by atoms with van der Waals surface area (Å²) < 4.78 is 18.3. The van der Waals surface area contributed by atoms with E-state index in [1.54, 1.807) is 32.4 Å². The highest BCUT2D eigenvalue weighted by molar-refractivity contribution is 6.06. The largest absolute Gasteiger partial charge is 0.496 e. The number of likely N-dealkylation sites (N-methyl/N-ethyl adjacent to an activating group) is 1. The average Bonchev–Trinajstić information content (AvgIpc) is 3.26. The molecule has 15 nitrogen and oxygen atoms in total. The number of aromatic amines is 1. The lowest BCUT2D eigenvalue weighted by Crippen LogP contribution is -2.53. The van der Waals surface area contributed by atoms with Gasteiger partial charge in [0.25, 0.3) is 11.5 Å². The normalized spacial score (nSPS) is 21.3. The molecule has 2 aromatic carbocycles. The summed E-state index contributed by atoms with van der Waals surface area (Å²) in [5.41, 5.74) is 8.70. The first-order chi connectivity index (χ1) is 29.5. The monoisotopic (exact) mass is 837 g/mol. The molecule has 0 bridgehead atoms. The van der Waals surface area contributed by atoms with Crippen LogP contribution in [0, 0.1) is 11.3 Å². The molecule has 4 fully saturated rings. The first-order valence-electron chi connectivity index (χ1n) is 21.7. The molecule has 1 spiro atoms. The summed E-state index contributed by atoms with van der Waals surface area (Å²) in [6, 6.07) is 8.32. The van der Waals surface area contributed by atoms with Crippen molar-refractivity contribution in [2.45, 2.75) is 83.0 Å². The molecule has 3 amide bonds. The molecule has 1 unspecified atom stereocenters. The molecule has 4 aliphatic heterocycles. The Labute approximate surface area is 357 Å². The van der Waals surface area contributed by atoms with Crippen LogP contribution in [0.4, 0.5) is 0 Å². The Balaban J connectivity index is 0.808. The average molecular weight is 838 g/mol. The molecule has 1 aromatic heterocycles. The number of H-pyrrole nitrogens is 1. The van der Waals surface area contributed by atoms with Crippen molar-refractivity contribution < 1.29 is 33.4 Å². The van der Waals surface area contributed by atoms with Crippen molar-refractivity contribution in [2.75, 3.05) is 67.6 Å².